The molecule has 0 aromatic heterocycles. The summed E-state index contributed by atoms with van der Waals surface area (Å²) in [5, 5.41) is 2.79. The van der Waals surface area contributed by atoms with Gasteiger partial charge in [0.15, 0.2) is 6.29 Å². The highest BCUT2D eigenvalue weighted by molar-refractivity contribution is 5.72. The van der Waals surface area contributed by atoms with Crippen LogP contribution in [0.15, 0.2) is 54.6 Å². The molecule has 0 spiro atoms. The van der Waals surface area contributed by atoms with E-state index in [0.29, 0.717) is 26.4 Å². The molecule has 1 saturated heterocycles. The van der Waals surface area contributed by atoms with Gasteiger partial charge >= 0.3 is 0 Å². The number of carbonyl (C=O) groups is 1. The highest BCUT2D eigenvalue weighted by atomic mass is 16.7. The Morgan fingerprint density at radius 1 is 1.11 bits per heavy atom. The van der Waals surface area contributed by atoms with Gasteiger partial charge < -0.3 is 19.5 Å². The second-order valence-electron chi connectivity index (χ2n) is 7.07. The van der Waals surface area contributed by atoms with Crippen molar-refractivity contribution in [1.29, 1.82) is 0 Å². The average molecular weight is 383 g/mol. The van der Waals surface area contributed by atoms with Crippen molar-refractivity contribution in [1.82, 2.24) is 5.32 Å². The summed E-state index contributed by atoms with van der Waals surface area (Å²) in [6.45, 7) is 4.11. The van der Waals surface area contributed by atoms with Gasteiger partial charge in [0.2, 0.25) is 5.91 Å². The molecule has 0 atom stereocenters. The third-order valence-electron chi connectivity index (χ3n) is 4.79. The Labute approximate surface area is 167 Å². The first-order valence-electron chi connectivity index (χ1n) is 9.95. The number of hydrogen-bond acceptors (Lipinski definition) is 4. The molecular formula is C23H29NO4. The summed E-state index contributed by atoms with van der Waals surface area (Å²) >= 11 is 0. The molecule has 0 radical (unpaired) electrons. The molecule has 2 aromatic rings. The number of ether oxygens (including phenoxy) is 3. The molecule has 1 fully saturated rings. The predicted molar refractivity (Wildman–Crippen MR) is 108 cm³/mol. The smallest absolute Gasteiger partial charge is 0.216 e. The minimum absolute atomic E-state index is 0.00332. The average Bonchev–Trinajstić information content (AvgIpc) is 2.73. The van der Waals surface area contributed by atoms with Crippen LogP contribution in [0, 0.1) is 0 Å². The molecular weight excluding hydrogens is 354 g/mol. The lowest BCUT2D eigenvalue weighted by Crippen LogP contribution is -2.31. The fraction of sp³-hybridized carbons (Fsp3) is 0.435. The summed E-state index contributed by atoms with van der Waals surface area (Å²) < 4.78 is 17.6. The van der Waals surface area contributed by atoms with Crippen LogP contribution in [0.3, 0.4) is 0 Å². The Bertz CT molecular complexity index is 726. The first kappa shape index (κ1) is 20.4. The quantitative estimate of drug-likeness (QED) is 0.671. The number of nitrogens with one attached hydrogen (secondary N) is 1. The lowest BCUT2D eigenvalue weighted by molar-refractivity contribution is -0.190. The van der Waals surface area contributed by atoms with Crippen LogP contribution in [0.25, 0.3) is 0 Å². The van der Waals surface area contributed by atoms with Gasteiger partial charge in [0.25, 0.3) is 0 Å². The second-order valence-corrected chi connectivity index (χ2v) is 7.07. The van der Waals surface area contributed by atoms with E-state index in [1.165, 1.54) is 18.1 Å². The van der Waals surface area contributed by atoms with Gasteiger partial charge in [0.05, 0.1) is 19.8 Å². The van der Waals surface area contributed by atoms with Crippen molar-refractivity contribution in [2.75, 3.05) is 26.4 Å². The van der Waals surface area contributed by atoms with Crippen molar-refractivity contribution >= 4 is 5.91 Å². The molecule has 0 bridgehead atoms. The maximum absolute atomic E-state index is 10.9. The second kappa shape index (κ2) is 10.8. The van der Waals surface area contributed by atoms with E-state index >= 15 is 0 Å². The first-order chi connectivity index (χ1) is 13.7. The molecule has 5 nitrogen and oxygen atoms in total. The zero-order valence-corrected chi connectivity index (χ0v) is 16.4. The summed E-state index contributed by atoms with van der Waals surface area (Å²) in [5.74, 6) is 1.09. The molecule has 0 saturated carbocycles. The number of amides is 1. The van der Waals surface area contributed by atoms with Crippen molar-refractivity contribution < 1.29 is 19.0 Å². The van der Waals surface area contributed by atoms with E-state index in [0.717, 1.165) is 25.0 Å². The van der Waals surface area contributed by atoms with Crippen LogP contribution in [-0.4, -0.2) is 38.6 Å². The highest BCUT2D eigenvalue weighted by Crippen LogP contribution is 2.26. The zero-order valence-electron chi connectivity index (χ0n) is 16.4. The van der Waals surface area contributed by atoms with Gasteiger partial charge in [-0.3, -0.25) is 4.79 Å². The van der Waals surface area contributed by atoms with Gasteiger partial charge in [-0.15, -0.1) is 0 Å². The van der Waals surface area contributed by atoms with Crippen molar-refractivity contribution in [3.05, 3.63) is 65.7 Å². The van der Waals surface area contributed by atoms with Gasteiger partial charge in [-0.25, -0.2) is 0 Å². The zero-order chi connectivity index (χ0) is 19.6. The Morgan fingerprint density at radius 3 is 2.64 bits per heavy atom. The van der Waals surface area contributed by atoms with Gasteiger partial charge in [-0.2, -0.15) is 0 Å². The lowest BCUT2D eigenvalue weighted by atomic mass is 10.00. The molecule has 1 aliphatic rings. The normalized spacial score (nSPS) is 19.2. The largest absolute Gasteiger partial charge is 0.493 e. The SMILES string of the molecule is CC(=O)NCCCC1OCC(c2cccc(OCCc3ccccc3)c2)CO1. The fourth-order valence-corrected chi connectivity index (χ4v) is 3.23. The minimum Gasteiger partial charge on any atom is -0.493 e. The molecule has 3 rings (SSSR count). The van der Waals surface area contributed by atoms with Gasteiger partial charge in [-0.1, -0.05) is 42.5 Å². The number of rotatable bonds is 9. The topological polar surface area (TPSA) is 56.8 Å². The van der Waals surface area contributed by atoms with Gasteiger partial charge in [0, 0.05) is 32.2 Å². The Kier molecular flexibility index (Phi) is 7.88. The molecule has 2 aromatic carbocycles. The molecule has 1 N–H and O–H groups in total. The van der Waals surface area contributed by atoms with Crippen molar-refractivity contribution in [3.63, 3.8) is 0 Å². The maximum atomic E-state index is 10.9. The third kappa shape index (κ3) is 6.66. The Hall–Kier alpha value is -2.37. The molecule has 28 heavy (non-hydrogen) atoms. The van der Waals surface area contributed by atoms with Crippen LogP contribution in [0.4, 0.5) is 0 Å². The fourth-order valence-electron chi connectivity index (χ4n) is 3.23. The van der Waals surface area contributed by atoms with E-state index in [-0.39, 0.29) is 18.1 Å². The van der Waals surface area contributed by atoms with E-state index in [1.54, 1.807) is 0 Å². The number of hydrogen-bond donors (Lipinski definition) is 1. The predicted octanol–water partition coefficient (Wildman–Crippen LogP) is 3.68. The number of benzene rings is 2. The molecule has 0 unspecified atom stereocenters. The van der Waals surface area contributed by atoms with Crippen LogP contribution in [0.2, 0.25) is 0 Å². The van der Waals surface area contributed by atoms with Crippen molar-refractivity contribution in [3.8, 4) is 5.75 Å². The lowest BCUT2D eigenvalue weighted by Gasteiger charge is -2.30. The van der Waals surface area contributed by atoms with Crippen LogP contribution < -0.4 is 10.1 Å². The van der Waals surface area contributed by atoms with E-state index in [4.69, 9.17) is 14.2 Å². The van der Waals surface area contributed by atoms with E-state index in [1.807, 2.05) is 30.3 Å². The Balaban J connectivity index is 1.41. The monoisotopic (exact) mass is 383 g/mol. The third-order valence-corrected chi connectivity index (χ3v) is 4.79. The highest BCUT2D eigenvalue weighted by Gasteiger charge is 2.23. The van der Waals surface area contributed by atoms with Gasteiger partial charge in [0.1, 0.15) is 5.75 Å². The minimum atomic E-state index is -0.185. The van der Waals surface area contributed by atoms with Crippen LogP contribution in [-0.2, 0) is 20.7 Å². The summed E-state index contributed by atoms with van der Waals surface area (Å²) in [7, 11) is 0. The van der Waals surface area contributed by atoms with E-state index in [9.17, 15) is 4.79 Å². The molecule has 1 amide bonds. The number of carbonyl (C=O) groups excluding carboxylic acids is 1. The van der Waals surface area contributed by atoms with E-state index in [2.05, 4.69) is 29.6 Å². The summed E-state index contributed by atoms with van der Waals surface area (Å²) in [4.78, 5) is 10.9. The van der Waals surface area contributed by atoms with Crippen LogP contribution >= 0.6 is 0 Å². The summed E-state index contributed by atoms with van der Waals surface area (Å²) in [5.41, 5.74) is 2.45. The molecule has 5 heteroatoms. The van der Waals surface area contributed by atoms with Crippen LogP contribution in [0.1, 0.15) is 36.8 Å². The summed E-state index contributed by atoms with van der Waals surface area (Å²) in [6.07, 6.45) is 2.34. The van der Waals surface area contributed by atoms with Crippen molar-refractivity contribution in [2.45, 2.75) is 38.4 Å². The first-order valence-corrected chi connectivity index (χ1v) is 9.95. The molecule has 1 aliphatic heterocycles. The van der Waals surface area contributed by atoms with Crippen molar-refractivity contribution in [2.24, 2.45) is 0 Å². The standard InChI is InChI=1S/C23H29NO4/c1-18(25)24-13-6-11-23-27-16-21(17-28-23)20-9-5-10-22(15-20)26-14-12-19-7-3-2-4-8-19/h2-5,7-10,15,21,23H,6,11-14,16-17H2,1H3,(H,24,25). The van der Waals surface area contributed by atoms with Gasteiger partial charge in [-0.05, 0) is 29.7 Å². The molecule has 150 valence electrons. The molecule has 1 heterocycles. The Morgan fingerprint density at radius 2 is 1.89 bits per heavy atom. The maximum Gasteiger partial charge on any atom is 0.216 e. The van der Waals surface area contributed by atoms with E-state index < -0.39 is 0 Å². The molecule has 0 aliphatic carbocycles. The van der Waals surface area contributed by atoms with Crippen LogP contribution in [0.5, 0.6) is 5.75 Å². The summed E-state index contributed by atoms with van der Waals surface area (Å²) in [6, 6.07) is 18.5.